The molecular formula is C7H15N2O5S+. The second-order valence-corrected chi connectivity index (χ2v) is 4.34. The van der Waals surface area contributed by atoms with Crippen LogP contribution in [0.2, 0.25) is 0 Å². The second-order valence-electron chi connectivity index (χ2n) is 3.44. The number of hydrogen-bond acceptors (Lipinski definition) is 4. The van der Waals surface area contributed by atoms with Crippen LogP contribution in [-0.4, -0.2) is 61.9 Å². The quantitative estimate of drug-likeness (QED) is 0.357. The summed E-state index contributed by atoms with van der Waals surface area (Å²) in [6, 6.07) is 2.19. The summed E-state index contributed by atoms with van der Waals surface area (Å²) in [4.78, 5) is 0. The van der Waals surface area contributed by atoms with Gasteiger partial charge in [-0.2, -0.15) is 13.7 Å². The number of ether oxygens (including phenoxy) is 1. The van der Waals surface area contributed by atoms with Crippen LogP contribution in [-0.2, 0) is 15.1 Å². The van der Waals surface area contributed by atoms with E-state index < -0.39 is 10.4 Å². The van der Waals surface area contributed by atoms with Crippen molar-refractivity contribution in [3.8, 4) is 6.07 Å². The molecule has 1 fully saturated rings. The zero-order valence-electron chi connectivity index (χ0n) is 8.46. The first kappa shape index (κ1) is 14.3. The molecule has 0 bridgehead atoms. The van der Waals surface area contributed by atoms with E-state index in [1.54, 1.807) is 0 Å². The van der Waals surface area contributed by atoms with E-state index in [0.29, 0.717) is 6.54 Å². The predicted octanol–water partition coefficient (Wildman–Crippen LogP) is -0.666. The molecule has 0 unspecified atom stereocenters. The molecule has 0 aromatic carbocycles. The summed E-state index contributed by atoms with van der Waals surface area (Å²) < 4.78 is 37.6. The van der Waals surface area contributed by atoms with Gasteiger partial charge < -0.3 is 9.22 Å². The van der Waals surface area contributed by atoms with Gasteiger partial charge in [0, 0.05) is 0 Å². The number of hydrogen-bond donors (Lipinski definition) is 2. The maximum Gasteiger partial charge on any atom is 0.394 e. The van der Waals surface area contributed by atoms with E-state index in [2.05, 4.69) is 13.1 Å². The fourth-order valence-corrected chi connectivity index (χ4v) is 1.11. The molecule has 0 atom stereocenters. The van der Waals surface area contributed by atoms with Gasteiger partial charge in [0.05, 0.1) is 20.3 Å². The van der Waals surface area contributed by atoms with Gasteiger partial charge in [0.2, 0.25) is 0 Å². The molecule has 0 radical (unpaired) electrons. The van der Waals surface area contributed by atoms with Crippen molar-refractivity contribution in [2.24, 2.45) is 0 Å². The van der Waals surface area contributed by atoms with Gasteiger partial charge in [0.1, 0.15) is 19.2 Å². The molecule has 1 rings (SSSR count). The van der Waals surface area contributed by atoms with Gasteiger partial charge in [-0.1, -0.05) is 0 Å². The van der Waals surface area contributed by atoms with E-state index in [4.69, 9.17) is 27.5 Å². The van der Waals surface area contributed by atoms with Gasteiger partial charge in [-0.05, 0) is 0 Å². The van der Waals surface area contributed by atoms with Crippen molar-refractivity contribution in [1.82, 2.24) is 0 Å². The van der Waals surface area contributed by atoms with E-state index in [1.807, 2.05) is 0 Å². The molecule has 0 aliphatic carbocycles. The average Bonchev–Trinajstić information content (AvgIpc) is 2.02. The Bertz CT molecular complexity index is 307. The van der Waals surface area contributed by atoms with Crippen LogP contribution in [0.5, 0.6) is 0 Å². The Kier molecular flexibility index (Phi) is 5.71. The fourth-order valence-electron chi connectivity index (χ4n) is 1.11. The average molecular weight is 239 g/mol. The normalized spacial score (nSPS) is 19.6. The Balaban J connectivity index is 0.000000336. The number of morpholine rings is 1. The molecule has 88 valence electrons. The smallest absolute Gasteiger partial charge is 0.370 e. The molecule has 0 spiro atoms. The van der Waals surface area contributed by atoms with E-state index >= 15 is 0 Å². The SMILES string of the molecule is C[N+]1(CC#N)CCOCC1.O=S(=O)(O)O. The molecule has 0 amide bonds. The minimum absolute atomic E-state index is 0.614. The lowest BCUT2D eigenvalue weighted by Crippen LogP contribution is -2.51. The predicted molar refractivity (Wildman–Crippen MR) is 51.4 cm³/mol. The van der Waals surface area contributed by atoms with Crippen molar-refractivity contribution >= 4 is 10.4 Å². The Morgan fingerprint density at radius 1 is 1.40 bits per heavy atom. The highest BCUT2D eigenvalue weighted by Crippen LogP contribution is 2.05. The van der Waals surface area contributed by atoms with Gasteiger partial charge in [0.15, 0.2) is 6.54 Å². The van der Waals surface area contributed by atoms with E-state index in [1.165, 1.54) is 0 Å². The standard InChI is InChI=1S/C7H13N2O.H2O4S/c1-9(3-2-8)4-6-10-7-5-9;1-5(2,3)4/h3-7H2,1H3;(H2,1,2,3,4)/q+1;. The minimum Gasteiger partial charge on any atom is -0.370 e. The number of quaternary nitrogens is 1. The van der Waals surface area contributed by atoms with Crippen LogP contribution in [0, 0.1) is 11.3 Å². The summed E-state index contributed by atoms with van der Waals surface area (Å²) >= 11 is 0. The van der Waals surface area contributed by atoms with Crippen molar-refractivity contribution in [2.75, 3.05) is 39.9 Å². The van der Waals surface area contributed by atoms with Crippen LogP contribution in [0.25, 0.3) is 0 Å². The Morgan fingerprint density at radius 2 is 1.80 bits per heavy atom. The van der Waals surface area contributed by atoms with Crippen LogP contribution in [0.3, 0.4) is 0 Å². The molecule has 1 heterocycles. The first-order valence-corrected chi connectivity index (χ1v) is 5.65. The molecule has 7 nitrogen and oxygen atoms in total. The fraction of sp³-hybridized carbons (Fsp3) is 0.857. The highest BCUT2D eigenvalue weighted by molar-refractivity contribution is 7.79. The van der Waals surface area contributed by atoms with Gasteiger partial charge in [-0.15, -0.1) is 0 Å². The number of rotatable bonds is 1. The van der Waals surface area contributed by atoms with Gasteiger partial charge in [0.25, 0.3) is 0 Å². The van der Waals surface area contributed by atoms with Crippen LogP contribution in [0.1, 0.15) is 0 Å². The van der Waals surface area contributed by atoms with Crippen molar-refractivity contribution in [3.63, 3.8) is 0 Å². The molecule has 15 heavy (non-hydrogen) atoms. The molecule has 0 aromatic heterocycles. The van der Waals surface area contributed by atoms with Crippen molar-refractivity contribution in [1.29, 1.82) is 5.26 Å². The summed E-state index contributed by atoms with van der Waals surface area (Å²) in [5.41, 5.74) is 0. The number of nitriles is 1. The monoisotopic (exact) mass is 239 g/mol. The molecule has 1 saturated heterocycles. The van der Waals surface area contributed by atoms with Gasteiger partial charge in [-0.25, -0.2) is 0 Å². The highest BCUT2D eigenvalue weighted by atomic mass is 32.3. The second kappa shape index (κ2) is 5.99. The van der Waals surface area contributed by atoms with Crippen molar-refractivity contribution in [2.45, 2.75) is 0 Å². The zero-order chi connectivity index (χ0) is 11.9. The summed E-state index contributed by atoms with van der Waals surface area (Å²) in [5.74, 6) is 0. The molecule has 0 aromatic rings. The minimum atomic E-state index is -4.67. The lowest BCUT2D eigenvalue weighted by Gasteiger charge is -2.35. The summed E-state index contributed by atoms with van der Waals surface area (Å²) in [6.45, 7) is 4.18. The van der Waals surface area contributed by atoms with Crippen LogP contribution >= 0.6 is 0 Å². The third-order valence-corrected chi connectivity index (χ3v) is 2.00. The number of nitrogens with zero attached hydrogens (tertiary/aromatic N) is 2. The first-order chi connectivity index (χ1) is 6.77. The summed E-state index contributed by atoms with van der Waals surface area (Å²) in [5, 5.41) is 8.48. The maximum absolute atomic E-state index is 8.74. The Labute approximate surface area is 89.0 Å². The summed E-state index contributed by atoms with van der Waals surface area (Å²) in [7, 11) is -2.56. The van der Waals surface area contributed by atoms with Crippen molar-refractivity contribution in [3.05, 3.63) is 0 Å². The lowest BCUT2D eigenvalue weighted by atomic mass is 10.3. The van der Waals surface area contributed by atoms with Gasteiger partial charge in [-0.3, -0.25) is 9.11 Å². The molecule has 1 aliphatic heterocycles. The van der Waals surface area contributed by atoms with Crippen LogP contribution in [0.15, 0.2) is 0 Å². The van der Waals surface area contributed by atoms with Crippen LogP contribution < -0.4 is 0 Å². The lowest BCUT2D eigenvalue weighted by molar-refractivity contribution is -0.910. The number of likely N-dealkylation sites (N-methyl/N-ethyl adjacent to an activating group) is 1. The van der Waals surface area contributed by atoms with Crippen LogP contribution in [0.4, 0.5) is 0 Å². The molecule has 1 aliphatic rings. The van der Waals surface area contributed by atoms with E-state index in [9.17, 15) is 0 Å². The molecule has 8 heteroatoms. The molecule has 2 N–H and O–H groups in total. The zero-order valence-corrected chi connectivity index (χ0v) is 9.27. The van der Waals surface area contributed by atoms with Crippen molar-refractivity contribution < 1.29 is 26.7 Å². The van der Waals surface area contributed by atoms with E-state index in [0.717, 1.165) is 30.8 Å². The highest BCUT2D eigenvalue weighted by Gasteiger charge is 2.24. The molecular weight excluding hydrogens is 224 g/mol. The molecule has 0 saturated carbocycles. The third kappa shape index (κ3) is 9.58. The topological polar surface area (TPSA) is 108 Å². The summed E-state index contributed by atoms with van der Waals surface area (Å²) in [6.07, 6.45) is 0. The Morgan fingerprint density at radius 3 is 2.13 bits per heavy atom. The first-order valence-electron chi connectivity index (χ1n) is 4.25. The third-order valence-electron chi connectivity index (χ3n) is 2.00. The maximum atomic E-state index is 8.74. The Hall–Kier alpha value is -0.720. The van der Waals surface area contributed by atoms with E-state index in [-0.39, 0.29) is 0 Å². The largest absolute Gasteiger partial charge is 0.394 e. The van der Waals surface area contributed by atoms with Gasteiger partial charge >= 0.3 is 10.4 Å².